The van der Waals surface area contributed by atoms with Gasteiger partial charge in [-0.3, -0.25) is 14.5 Å². The Morgan fingerprint density at radius 3 is 2.10 bits per heavy atom. The molecule has 0 aromatic rings. The van der Waals surface area contributed by atoms with Crippen LogP contribution in [0.1, 0.15) is 65.7 Å². The van der Waals surface area contributed by atoms with Crippen molar-refractivity contribution >= 4 is 11.8 Å². The third kappa shape index (κ3) is 4.53. The number of carbonyl (C=O) groups excluding carboxylic acids is 2. The minimum atomic E-state index is -0.221. The molecule has 0 aromatic carbocycles. The summed E-state index contributed by atoms with van der Waals surface area (Å²) in [6, 6.07) is 0. The third-order valence-electron chi connectivity index (χ3n) is 4.85. The predicted octanol–water partition coefficient (Wildman–Crippen LogP) is 2.74. The number of rotatable bonds is 4. The molecule has 0 aromatic heterocycles. The molecule has 1 heterocycles. The SMILES string of the molecule is CC(C)(C)CC(O)C1CCC(CN2C(=O)CCC2=O)CC1. The lowest BCUT2D eigenvalue weighted by Crippen LogP contribution is -2.37. The van der Waals surface area contributed by atoms with Gasteiger partial charge in [-0.05, 0) is 49.4 Å². The Kier molecular flexibility index (Phi) is 5.07. The molecule has 4 nitrogen and oxygen atoms in total. The van der Waals surface area contributed by atoms with Gasteiger partial charge in [0.15, 0.2) is 0 Å². The average molecular weight is 295 g/mol. The lowest BCUT2D eigenvalue weighted by molar-refractivity contribution is -0.139. The number of hydrogen-bond acceptors (Lipinski definition) is 3. The molecule has 2 fully saturated rings. The van der Waals surface area contributed by atoms with Gasteiger partial charge in [-0.1, -0.05) is 20.8 Å². The van der Waals surface area contributed by atoms with E-state index in [1.807, 2.05) is 0 Å². The van der Waals surface area contributed by atoms with Crippen molar-refractivity contribution in [3.05, 3.63) is 0 Å². The average Bonchev–Trinajstić information content (AvgIpc) is 2.69. The van der Waals surface area contributed by atoms with Crippen LogP contribution in [0, 0.1) is 17.3 Å². The molecule has 1 aliphatic carbocycles. The van der Waals surface area contributed by atoms with Crippen LogP contribution in [0.25, 0.3) is 0 Å². The summed E-state index contributed by atoms with van der Waals surface area (Å²) >= 11 is 0. The summed E-state index contributed by atoms with van der Waals surface area (Å²) in [6.45, 7) is 7.07. The van der Waals surface area contributed by atoms with E-state index < -0.39 is 0 Å². The second-order valence-corrected chi connectivity index (χ2v) is 8.01. The number of aliphatic hydroxyl groups is 1. The summed E-state index contributed by atoms with van der Waals surface area (Å²) in [5.74, 6) is 0.796. The zero-order valence-corrected chi connectivity index (χ0v) is 13.6. The van der Waals surface area contributed by atoms with Gasteiger partial charge in [-0.15, -0.1) is 0 Å². The second kappa shape index (κ2) is 6.47. The molecule has 2 amide bonds. The van der Waals surface area contributed by atoms with Crippen LogP contribution in [0.3, 0.4) is 0 Å². The highest BCUT2D eigenvalue weighted by molar-refractivity contribution is 6.01. The minimum Gasteiger partial charge on any atom is -0.393 e. The number of hydrogen-bond donors (Lipinski definition) is 1. The van der Waals surface area contributed by atoms with E-state index in [0.717, 1.165) is 32.1 Å². The van der Waals surface area contributed by atoms with Crippen LogP contribution in [-0.4, -0.2) is 34.5 Å². The van der Waals surface area contributed by atoms with E-state index in [1.54, 1.807) is 0 Å². The largest absolute Gasteiger partial charge is 0.393 e. The van der Waals surface area contributed by atoms with Crippen LogP contribution < -0.4 is 0 Å². The highest BCUT2D eigenvalue weighted by atomic mass is 16.3. The number of aliphatic hydroxyl groups excluding tert-OH is 1. The van der Waals surface area contributed by atoms with Crippen molar-refractivity contribution in [3.8, 4) is 0 Å². The fraction of sp³-hybridized carbons (Fsp3) is 0.882. The monoisotopic (exact) mass is 295 g/mol. The van der Waals surface area contributed by atoms with Gasteiger partial charge in [0.05, 0.1) is 6.10 Å². The maximum absolute atomic E-state index is 11.7. The van der Waals surface area contributed by atoms with Crippen LogP contribution in [-0.2, 0) is 9.59 Å². The van der Waals surface area contributed by atoms with Gasteiger partial charge >= 0.3 is 0 Å². The Labute approximate surface area is 127 Å². The van der Waals surface area contributed by atoms with Gasteiger partial charge in [-0.2, -0.15) is 0 Å². The van der Waals surface area contributed by atoms with Crippen molar-refractivity contribution in [1.29, 1.82) is 0 Å². The van der Waals surface area contributed by atoms with Gasteiger partial charge in [0.1, 0.15) is 0 Å². The van der Waals surface area contributed by atoms with Crippen LogP contribution in [0.4, 0.5) is 0 Å². The molecule has 1 atom stereocenters. The third-order valence-corrected chi connectivity index (χ3v) is 4.85. The molecule has 0 bridgehead atoms. The fourth-order valence-corrected chi connectivity index (χ4v) is 3.63. The molecule has 1 saturated carbocycles. The molecule has 1 N–H and O–H groups in total. The molecule has 1 unspecified atom stereocenters. The van der Waals surface area contributed by atoms with E-state index in [2.05, 4.69) is 20.8 Å². The van der Waals surface area contributed by atoms with Crippen LogP contribution in [0.15, 0.2) is 0 Å². The Morgan fingerprint density at radius 2 is 1.62 bits per heavy atom. The minimum absolute atomic E-state index is 0.00473. The summed E-state index contributed by atoms with van der Waals surface area (Å²) in [7, 11) is 0. The summed E-state index contributed by atoms with van der Waals surface area (Å²) in [5.41, 5.74) is 0.157. The normalized spacial score (nSPS) is 29.0. The zero-order valence-electron chi connectivity index (χ0n) is 13.6. The van der Waals surface area contributed by atoms with Crippen molar-refractivity contribution in [3.63, 3.8) is 0 Å². The summed E-state index contributed by atoms with van der Waals surface area (Å²) < 4.78 is 0. The Hall–Kier alpha value is -0.900. The molecule has 1 aliphatic heterocycles. The van der Waals surface area contributed by atoms with Gasteiger partial charge in [-0.25, -0.2) is 0 Å². The fourth-order valence-electron chi connectivity index (χ4n) is 3.63. The molecule has 2 aliphatic rings. The first kappa shape index (κ1) is 16.5. The van der Waals surface area contributed by atoms with Crippen molar-refractivity contribution in [2.75, 3.05) is 6.54 Å². The lowest BCUT2D eigenvalue weighted by atomic mass is 9.75. The number of carbonyl (C=O) groups is 2. The summed E-state index contributed by atoms with van der Waals surface area (Å²) in [6.07, 6.45) is 5.45. The van der Waals surface area contributed by atoms with E-state index in [4.69, 9.17) is 0 Å². The summed E-state index contributed by atoms with van der Waals surface area (Å²) in [5, 5.41) is 10.3. The van der Waals surface area contributed by atoms with E-state index in [9.17, 15) is 14.7 Å². The Balaban J connectivity index is 1.78. The van der Waals surface area contributed by atoms with Crippen LogP contribution in [0.2, 0.25) is 0 Å². The number of amides is 2. The van der Waals surface area contributed by atoms with E-state index in [1.165, 1.54) is 4.90 Å². The molecular formula is C17H29NO3. The van der Waals surface area contributed by atoms with Crippen LogP contribution in [0.5, 0.6) is 0 Å². The zero-order chi connectivity index (χ0) is 15.6. The topological polar surface area (TPSA) is 57.6 Å². The number of imide groups is 1. The number of likely N-dealkylation sites (tertiary alicyclic amines) is 1. The standard InChI is InChI=1S/C17H29NO3/c1-17(2,3)10-14(19)13-6-4-12(5-7-13)11-18-15(20)8-9-16(18)21/h12-14,19H,4-11H2,1-3H3. The lowest BCUT2D eigenvalue weighted by Gasteiger charge is -2.35. The molecule has 2 rings (SSSR count). The maximum atomic E-state index is 11.7. The smallest absolute Gasteiger partial charge is 0.229 e. The van der Waals surface area contributed by atoms with Gasteiger partial charge in [0, 0.05) is 19.4 Å². The highest BCUT2D eigenvalue weighted by Crippen LogP contribution is 2.35. The first-order valence-electron chi connectivity index (χ1n) is 8.27. The highest BCUT2D eigenvalue weighted by Gasteiger charge is 2.34. The van der Waals surface area contributed by atoms with Crippen molar-refractivity contribution in [2.24, 2.45) is 17.3 Å². The molecule has 120 valence electrons. The first-order valence-corrected chi connectivity index (χ1v) is 8.27. The maximum Gasteiger partial charge on any atom is 0.229 e. The first-order chi connectivity index (χ1) is 9.76. The summed E-state index contributed by atoms with van der Waals surface area (Å²) in [4.78, 5) is 24.8. The Morgan fingerprint density at radius 1 is 1.10 bits per heavy atom. The predicted molar refractivity (Wildman–Crippen MR) is 81.5 cm³/mol. The van der Waals surface area contributed by atoms with Crippen LogP contribution >= 0.6 is 0 Å². The molecule has 4 heteroatoms. The molecule has 0 radical (unpaired) electrons. The van der Waals surface area contributed by atoms with E-state index in [0.29, 0.717) is 31.2 Å². The van der Waals surface area contributed by atoms with Crippen molar-refractivity contribution in [1.82, 2.24) is 4.90 Å². The quantitative estimate of drug-likeness (QED) is 0.811. The van der Waals surface area contributed by atoms with E-state index >= 15 is 0 Å². The molecular weight excluding hydrogens is 266 g/mol. The molecule has 0 spiro atoms. The van der Waals surface area contributed by atoms with Crippen molar-refractivity contribution < 1.29 is 14.7 Å². The van der Waals surface area contributed by atoms with Gasteiger partial charge < -0.3 is 5.11 Å². The second-order valence-electron chi connectivity index (χ2n) is 8.01. The molecule has 21 heavy (non-hydrogen) atoms. The Bertz CT molecular complexity index is 375. The van der Waals surface area contributed by atoms with Gasteiger partial charge in [0.25, 0.3) is 0 Å². The van der Waals surface area contributed by atoms with E-state index in [-0.39, 0.29) is 23.3 Å². The molecule has 1 saturated heterocycles. The van der Waals surface area contributed by atoms with Crippen molar-refractivity contribution in [2.45, 2.75) is 71.8 Å². The van der Waals surface area contributed by atoms with Gasteiger partial charge in [0.2, 0.25) is 11.8 Å². The number of nitrogens with zero attached hydrogens (tertiary/aromatic N) is 1.